The Morgan fingerprint density at radius 3 is 2.74 bits per heavy atom. The van der Waals surface area contributed by atoms with Gasteiger partial charge in [0.05, 0.1) is 6.20 Å². The molecule has 0 amide bonds. The summed E-state index contributed by atoms with van der Waals surface area (Å²) in [4.78, 5) is 0. The van der Waals surface area contributed by atoms with Crippen molar-refractivity contribution < 1.29 is 5.11 Å². The molecule has 2 rings (SSSR count). The summed E-state index contributed by atoms with van der Waals surface area (Å²) >= 11 is 0. The maximum atomic E-state index is 10.5. The molecule has 2 N–H and O–H groups in total. The molecule has 0 unspecified atom stereocenters. The van der Waals surface area contributed by atoms with Crippen molar-refractivity contribution in [3.8, 4) is 0 Å². The lowest BCUT2D eigenvalue weighted by atomic mass is 9.79. The molecule has 108 valence electrons. The zero-order valence-electron chi connectivity index (χ0n) is 12.6. The summed E-state index contributed by atoms with van der Waals surface area (Å²) in [7, 11) is 1.87. The molecule has 1 fully saturated rings. The number of aromatic nitrogens is 2. The minimum absolute atomic E-state index is 0.536. The van der Waals surface area contributed by atoms with Crippen LogP contribution in [0.25, 0.3) is 0 Å². The molecule has 0 bridgehead atoms. The Hall–Kier alpha value is -0.870. The third kappa shape index (κ3) is 3.57. The topological polar surface area (TPSA) is 50.1 Å². The van der Waals surface area contributed by atoms with E-state index in [-0.39, 0.29) is 0 Å². The zero-order valence-corrected chi connectivity index (χ0v) is 12.6. The van der Waals surface area contributed by atoms with Gasteiger partial charge in [0.1, 0.15) is 5.60 Å². The first-order valence-corrected chi connectivity index (χ1v) is 7.33. The summed E-state index contributed by atoms with van der Waals surface area (Å²) in [5.41, 5.74) is 0.0281. The monoisotopic (exact) mass is 265 g/mol. The van der Waals surface area contributed by atoms with Crippen LogP contribution in [-0.2, 0) is 12.6 Å². The van der Waals surface area contributed by atoms with E-state index in [1.165, 1.54) is 19.3 Å². The Labute approximate surface area is 116 Å². The lowest BCUT2D eigenvalue weighted by Gasteiger charge is -2.34. The van der Waals surface area contributed by atoms with Gasteiger partial charge < -0.3 is 10.4 Å². The largest absolute Gasteiger partial charge is 0.384 e. The van der Waals surface area contributed by atoms with Crippen molar-refractivity contribution >= 4 is 0 Å². The standard InChI is InChI=1S/C15H27N3O/c1-11-5-6-14(7-12(11)2)16-10-15(3,19)13-8-17-18(4)9-13/h8-9,11-12,14,16,19H,5-7,10H2,1-4H3/t11-,12-,14+,15+/m1/s1. The molecule has 1 aromatic heterocycles. The first kappa shape index (κ1) is 14.5. The number of rotatable bonds is 4. The van der Waals surface area contributed by atoms with E-state index in [0.29, 0.717) is 12.6 Å². The summed E-state index contributed by atoms with van der Waals surface area (Å²) in [6.07, 6.45) is 7.34. The van der Waals surface area contributed by atoms with Gasteiger partial charge in [0, 0.05) is 31.4 Å². The van der Waals surface area contributed by atoms with Crippen LogP contribution in [0.4, 0.5) is 0 Å². The van der Waals surface area contributed by atoms with Gasteiger partial charge in [0.15, 0.2) is 0 Å². The van der Waals surface area contributed by atoms with Crippen molar-refractivity contribution in [2.75, 3.05) is 6.54 Å². The minimum Gasteiger partial charge on any atom is -0.384 e. The van der Waals surface area contributed by atoms with Gasteiger partial charge in [-0.1, -0.05) is 13.8 Å². The molecule has 4 heteroatoms. The van der Waals surface area contributed by atoms with Crippen LogP contribution in [0.2, 0.25) is 0 Å². The first-order valence-electron chi connectivity index (χ1n) is 7.33. The molecule has 4 atom stereocenters. The molecule has 1 aliphatic rings. The predicted octanol–water partition coefficient (Wildman–Crippen LogP) is 2.04. The van der Waals surface area contributed by atoms with Crippen molar-refractivity contribution in [1.82, 2.24) is 15.1 Å². The molecular formula is C15H27N3O. The summed E-state index contributed by atoms with van der Waals surface area (Å²) in [6.45, 7) is 7.11. The average molecular weight is 265 g/mol. The van der Waals surface area contributed by atoms with E-state index in [4.69, 9.17) is 0 Å². The smallest absolute Gasteiger partial charge is 0.102 e. The van der Waals surface area contributed by atoms with Crippen LogP contribution < -0.4 is 5.32 Å². The Morgan fingerprint density at radius 2 is 2.16 bits per heavy atom. The van der Waals surface area contributed by atoms with Crippen LogP contribution >= 0.6 is 0 Å². The van der Waals surface area contributed by atoms with Gasteiger partial charge in [-0.05, 0) is 38.0 Å². The number of nitrogens with one attached hydrogen (secondary N) is 1. The second-order valence-corrected chi connectivity index (χ2v) is 6.52. The molecule has 0 aromatic carbocycles. The van der Waals surface area contributed by atoms with Crippen molar-refractivity contribution in [2.24, 2.45) is 18.9 Å². The highest BCUT2D eigenvalue weighted by molar-refractivity contribution is 5.14. The lowest BCUT2D eigenvalue weighted by molar-refractivity contribution is 0.0497. The molecule has 0 spiro atoms. The second-order valence-electron chi connectivity index (χ2n) is 6.52. The van der Waals surface area contributed by atoms with Gasteiger partial charge in [0.2, 0.25) is 0 Å². The minimum atomic E-state index is -0.847. The summed E-state index contributed by atoms with van der Waals surface area (Å²) in [5, 5.41) is 18.2. The van der Waals surface area contributed by atoms with Crippen molar-refractivity contribution in [3.05, 3.63) is 18.0 Å². The van der Waals surface area contributed by atoms with E-state index >= 15 is 0 Å². The van der Waals surface area contributed by atoms with Crippen LogP contribution in [0.5, 0.6) is 0 Å². The van der Waals surface area contributed by atoms with Gasteiger partial charge in [-0.2, -0.15) is 5.10 Å². The SMILES string of the molecule is C[C@@H]1CC[C@H](NC[C@](C)(O)c2cnn(C)c2)C[C@H]1C. The molecule has 0 radical (unpaired) electrons. The molecule has 1 aliphatic carbocycles. The van der Waals surface area contributed by atoms with Crippen molar-refractivity contribution in [3.63, 3.8) is 0 Å². The fourth-order valence-corrected chi connectivity index (χ4v) is 2.88. The molecule has 0 aliphatic heterocycles. The second kappa shape index (κ2) is 5.63. The fraction of sp³-hybridized carbons (Fsp3) is 0.800. The maximum Gasteiger partial charge on any atom is 0.102 e. The van der Waals surface area contributed by atoms with Crippen molar-refractivity contribution in [2.45, 2.75) is 51.7 Å². The van der Waals surface area contributed by atoms with E-state index in [2.05, 4.69) is 24.3 Å². The zero-order chi connectivity index (χ0) is 14.0. The quantitative estimate of drug-likeness (QED) is 0.876. The van der Waals surface area contributed by atoms with Gasteiger partial charge in [-0.25, -0.2) is 0 Å². The Morgan fingerprint density at radius 1 is 1.42 bits per heavy atom. The predicted molar refractivity (Wildman–Crippen MR) is 76.7 cm³/mol. The van der Waals surface area contributed by atoms with Gasteiger partial charge in [0.25, 0.3) is 0 Å². The summed E-state index contributed by atoms with van der Waals surface area (Å²) < 4.78 is 1.73. The number of aryl methyl sites for hydroxylation is 1. The van der Waals surface area contributed by atoms with Crippen LogP contribution in [0.3, 0.4) is 0 Å². The average Bonchev–Trinajstić information content (AvgIpc) is 2.78. The first-order chi connectivity index (χ1) is 8.88. The van der Waals surface area contributed by atoms with Gasteiger partial charge in [-0.3, -0.25) is 4.68 Å². The Kier molecular flexibility index (Phi) is 4.31. The number of hydrogen-bond acceptors (Lipinski definition) is 3. The highest BCUT2D eigenvalue weighted by Gasteiger charge is 2.28. The molecule has 4 nitrogen and oxygen atoms in total. The Bertz CT molecular complexity index is 413. The maximum absolute atomic E-state index is 10.5. The molecule has 1 saturated carbocycles. The number of nitrogens with zero attached hydrogens (tertiary/aromatic N) is 2. The van der Waals surface area contributed by atoms with Crippen LogP contribution in [0, 0.1) is 11.8 Å². The van der Waals surface area contributed by atoms with Gasteiger partial charge in [-0.15, -0.1) is 0 Å². The van der Waals surface area contributed by atoms with Gasteiger partial charge >= 0.3 is 0 Å². The molecular weight excluding hydrogens is 238 g/mol. The lowest BCUT2D eigenvalue weighted by Crippen LogP contribution is -2.43. The highest BCUT2D eigenvalue weighted by Crippen LogP contribution is 2.29. The Balaban J connectivity index is 1.88. The number of aliphatic hydroxyl groups is 1. The van der Waals surface area contributed by atoms with Crippen LogP contribution in [0.1, 0.15) is 45.6 Å². The normalized spacial score (nSPS) is 31.1. The van der Waals surface area contributed by atoms with E-state index in [9.17, 15) is 5.11 Å². The highest BCUT2D eigenvalue weighted by atomic mass is 16.3. The van der Waals surface area contributed by atoms with E-state index < -0.39 is 5.60 Å². The van der Waals surface area contributed by atoms with Crippen LogP contribution in [-0.4, -0.2) is 27.5 Å². The molecule has 0 saturated heterocycles. The fourth-order valence-electron chi connectivity index (χ4n) is 2.88. The molecule has 1 heterocycles. The molecule has 1 aromatic rings. The third-order valence-electron chi connectivity index (χ3n) is 4.66. The van der Waals surface area contributed by atoms with E-state index in [0.717, 1.165) is 17.4 Å². The molecule has 19 heavy (non-hydrogen) atoms. The van der Waals surface area contributed by atoms with E-state index in [1.54, 1.807) is 10.9 Å². The summed E-state index contributed by atoms with van der Waals surface area (Å²) in [6, 6.07) is 0.536. The summed E-state index contributed by atoms with van der Waals surface area (Å²) in [5.74, 6) is 1.60. The third-order valence-corrected chi connectivity index (χ3v) is 4.66. The van der Waals surface area contributed by atoms with Crippen molar-refractivity contribution in [1.29, 1.82) is 0 Å². The number of hydrogen-bond donors (Lipinski definition) is 2. The van der Waals surface area contributed by atoms with E-state index in [1.807, 2.05) is 20.2 Å². The van der Waals surface area contributed by atoms with Crippen LogP contribution in [0.15, 0.2) is 12.4 Å².